The predicted molar refractivity (Wildman–Crippen MR) is 156 cm³/mol. The Morgan fingerprint density at radius 1 is 0.795 bits per heavy atom. The monoisotopic (exact) mass is 532 g/mol. The molecule has 1 fully saturated rings. The number of pyridine rings is 1. The number of nitrogens with zero attached hydrogens (tertiary/aromatic N) is 4. The second-order valence-corrected chi connectivity index (χ2v) is 11.1. The number of benzene rings is 3. The zero-order valence-electron chi connectivity index (χ0n) is 21.9. The smallest absolute Gasteiger partial charge is 0.250 e. The van der Waals surface area contributed by atoms with Crippen molar-refractivity contribution in [1.29, 1.82) is 5.26 Å². The fourth-order valence-electron chi connectivity index (χ4n) is 6.72. The van der Waals surface area contributed by atoms with Crippen LogP contribution >= 0.6 is 11.6 Å². The molecule has 0 radical (unpaired) electrons. The first-order valence-electron chi connectivity index (χ1n) is 13.9. The van der Waals surface area contributed by atoms with Crippen LogP contribution in [0.5, 0.6) is 0 Å². The number of aromatic amines is 1. The molecule has 3 heterocycles. The van der Waals surface area contributed by atoms with E-state index in [0.717, 1.165) is 72.7 Å². The van der Waals surface area contributed by atoms with E-state index < -0.39 is 0 Å². The first-order valence-corrected chi connectivity index (χ1v) is 14.3. The highest BCUT2D eigenvalue weighted by molar-refractivity contribution is 6.30. The van der Waals surface area contributed by atoms with Crippen LogP contribution in [0.4, 0.5) is 5.82 Å². The molecular weight excluding hydrogens is 502 g/mol. The van der Waals surface area contributed by atoms with Gasteiger partial charge in [0, 0.05) is 23.7 Å². The van der Waals surface area contributed by atoms with Gasteiger partial charge in [-0.2, -0.15) is 9.66 Å². The van der Waals surface area contributed by atoms with Crippen LogP contribution in [0.15, 0.2) is 78.9 Å². The number of H-pyrrole nitrogens is 1. The normalized spacial score (nSPS) is 16.8. The van der Waals surface area contributed by atoms with E-state index in [-0.39, 0.29) is 6.04 Å². The summed E-state index contributed by atoms with van der Waals surface area (Å²) in [7, 11) is 0. The van der Waals surface area contributed by atoms with Gasteiger partial charge in [-0.1, -0.05) is 66.2 Å². The van der Waals surface area contributed by atoms with Crippen LogP contribution < -0.4 is 9.30 Å². The molecule has 0 bridgehead atoms. The molecule has 194 valence electrons. The van der Waals surface area contributed by atoms with Crippen LogP contribution in [-0.2, 0) is 12.8 Å². The van der Waals surface area contributed by atoms with Gasteiger partial charge in [-0.3, -0.25) is 14.8 Å². The largest absolute Gasteiger partial charge is 0.289 e. The standard InChI is InChI=1S/C33H30ClN5/c34-25-16-14-24(15-17-25)31(23-8-2-1-3-9-23)37-18-20-38(21-19-37)33-27-11-5-4-10-26(27)28(22-35)32-36-29-12-6-7-13-30(29)39(32)33/h1-3,6-9,12-17,31H,4-5,10-11,18-21H2/p+1. The Morgan fingerprint density at radius 2 is 1.46 bits per heavy atom. The number of nitriles is 1. The molecule has 1 aliphatic heterocycles. The van der Waals surface area contributed by atoms with E-state index in [4.69, 9.17) is 11.6 Å². The summed E-state index contributed by atoms with van der Waals surface area (Å²) in [5.41, 5.74) is 9.14. The Hall–Kier alpha value is -3.85. The van der Waals surface area contributed by atoms with Gasteiger partial charge in [0.2, 0.25) is 11.5 Å². The SMILES string of the molecule is N#Cc1c2c(c(N3CCN(C(c4ccccc4)c4ccc(Cl)cc4)CC3)[n+]3c1[nH]c1ccccc13)CCCC2. The van der Waals surface area contributed by atoms with Crippen LogP contribution in [-0.4, -0.2) is 36.1 Å². The van der Waals surface area contributed by atoms with Crippen LogP contribution in [0.1, 0.15) is 46.7 Å². The molecular formula is C33H31ClN5+. The molecule has 7 rings (SSSR count). The molecule has 0 spiro atoms. The van der Waals surface area contributed by atoms with E-state index in [1.807, 2.05) is 12.1 Å². The van der Waals surface area contributed by atoms with Crippen molar-refractivity contribution in [2.75, 3.05) is 31.1 Å². The Labute approximate surface area is 233 Å². The number of hydrogen-bond donors (Lipinski definition) is 1. The van der Waals surface area contributed by atoms with Crippen molar-refractivity contribution in [2.45, 2.75) is 31.7 Å². The molecule has 2 aliphatic rings. The summed E-state index contributed by atoms with van der Waals surface area (Å²) in [5, 5.41) is 11.0. The van der Waals surface area contributed by atoms with Crippen LogP contribution in [0.25, 0.3) is 16.7 Å². The van der Waals surface area contributed by atoms with E-state index in [9.17, 15) is 5.26 Å². The topological polar surface area (TPSA) is 50.2 Å². The summed E-state index contributed by atoms with van der Waals surface area (Å²) >= 11 is 6.25. The van der Waals surface area contributed by atoms with Crippen LogP contribution in [0.3, 0.4) is 0 Å². The number of nitrogens with one attached hydrogen (secondary N) is 1. The molecule has 1 aliphatic carbocycles. The zero-order chi connectivity index (χ0) is 26.3. The number of rotatable bonds is 4. The summed E-state index contributed by atoms with van der Waals surface area (Å²) in [6, 6.07) is 30.3. The summed E-state index contributed by atoms with van der Waals surface area (Å²) in [6.07, 6.45) is 4.32. The first kappa shape index (κ1) is 24.2. The number of aromatic nitrogens is 2. The Bertz CT molecular complexity index is 1690. The minimum Gasteiger partial charge on any atom is -0.289 e. The average molecular weight is 533 g/mol. The number of para-hydroxylation sites is 2. The van der Waals surface area contributed by atoms with Gasteiger partial charge in [0.05, 0.1) is 19.1 Å². The zero-order valence-corrected chi connectivity index (χ0v) is 22.7. The molecule has 0 amide bonds. The molecule has 1 saturated heterocycles. The lowest BCUT2D eigenvalue weighted by Gasteiger charge is -2.39. The maximum absolute atomic E-state index is 10.2. The third kappa shape index (κ3) is 4.16. The third-order valence-corrected chi connectivity index (χ3v) is 8.75. The number of hydrogen-bond acceptors (Lipinski definition) is 3. The lowest BCUT2D eigenvalue weighted by molar-refractivity contribution is -0.468. The van der Waals surface area contributed by atoms with Crippen molar-refractivity contribution in [2.24, 2.45) is 0 Å². The third-order valence-electron chi connectivity index (χ3n) is 8.50. The van der Waals surface area contributed by atoms with Crippen molar-refractivity contribution in [3.63, 3.8) is 0 Å². The predicted octanol–water partition coefficient (Wildman–Crippen LogP) is 6.22. The molecule has 1 unspecified atom stereocenters. The molecule has 39 heavy (non-hydrogen) atoms. The van der Waals surface area contributed by atoms with Crippen molar-refractivity contribution in [3.8, 4) is 6.07 Å². The highest BCUT2D eigenvalue weighted by atomic mass is 35.5. The summed E-state index contributed by atoms with van der Waals surface area (Å²) < 4.78 is 2.33. The second kappa shape index (κ2) is 10.0. The summed E-state index contributed by atoms with van der Waals surface area (Å²) in [5.74, 6) is 1.28. The summed E-state index contributed by atoms with van der Waals surface area (Å²) in [6.45, 7) is 3.75. The lowest BCUT2D eigenvalue weighted by Crippen LogP contribution is -2.51. The number of fused-ring (bicyclic) bond motifs is 4. The van der Waals surface area contributed by atoms with E-state index in [1.165, 1.54) is 34.5 Å². The Balaban J connectivity index is 1.30. The Morgan fingerprint density at radius 3 is 2.21 bits per heavy atom. The molecule has 0 saturated carbocycles. The van der Waals surface area contributed by atoms with Gasteiger partial charge >= 0.3 is 0 Å². The number of piperazine rings is 1. The molecule has 3 aromatic carbocycles. The first-order chi connectivity index (χ1) is 19.2. The van der Waals surface area contributed by atoms with Gasteiger partial charge in [0.15, 0.2) is 0 Å². The molecule has 1 N–H and O–H groups in total. The second-order valence-electron chi connectivity index (χ2n) is 10.7. The van der Waals surface area contributed by atoms with Crippen molar-refractivity contribution in [3.05, 3.63) is 112 Å². The fourth-order valence-corrected chi connectivity index (χ4v) is 6.84. The van der Waals surface area contributed by atoms with Gasteiger partial charge in [-0.15, -0.1) is 0 Å². The van der Waals surface area contributed by atoms with E-state index in [1.54, 1.807) is 0 Å². The molecule has 5 aromatic rings. The molecule has 5 nitrogen and oxygen atoms in total. The number of imidazole rings is 1. The molecule has 2 aromatic heterocycles. The van der Waals surface area contributed by atoms with Crippen LogP contribution in [0.2, 0.25) is 5.02 Å². The van der Waals surface area contributed by atoms with E-state index >= 15 is 0 Å². The van der Waals surface area contributed by atoms with E-state index in [0.29, 0.717) is 0 Å². The highest BCUT2D eigenvalue weighted by Gasteiger charge is 2.35. The maximum atomic E-state index is 10.2. The van der Waals surface area contributed by atoms with Gasteiger partial charge in [0.25, 0.3) is 0 Å². The van der Waals surface area contributed by atoms with Gasteiger partial charge in [0.1, 0.15) is 22.7 Å². The minimum atomic E-state index is 0.182. The average Bonchev–Trinajstić information content (AvgIpc) is 3.37. The maximum Gasteiger partial charge on any atom is 0.250 e. The van der Waals surface area contributed by atoms with Gasteiger partial charge in [-0.05, 0) is 66.6 Å². The lowest BCUT2D eigenvalue weighted by atomic mass is 9.88. The highest BCUT2D eigenvalue weighted by Crippen LogP contribution is 2.35. The van der Waals surface area contributed by atoms with E-state index in [2.05, 4.69) is 92.0 Å². The van der Waals surface area contributed by atoms with Crippen molar-refractivity contribution >= 4 is 34.1 Å². The van der Waals surface area contributed by atoms with Crippen LogP contribution in [0, 0.1) is 11.3 Å². The minimum absolute atomic E-state index is 0.182. The fraction of sp³-hybridized carbons (Fsp3) is 0.273. The summed E-state index contributed by atoms with van der Waals surface area (Å²) in [4.78, 5) is 8.76. The Kier molecular flexibility index (Phi) is 6.23. The number of halogens is 1. The van der Waals surface area contributed by atoms with Gasteiger partial charge < -0.3 is 0 Å². The number of anilines is 1. The van der Waals surface area contributed by atoms with Crippen molar-refractivity contribution < 1.29 is 4.40 Å². The van der Waals surface area contributed by atoms with Crippen molar-refractivity contribution in [1.82, 2.24) is 9.88 Å². The molecule has 1 atom stereocenters. The molecule has 6 heteroatoms. The van der Waals surface area contributed by atoms with Gasteiger partial charge in [-0.25, -0.2) is 0 Å². The quantitative estimate of drug-likeness (QED) is 0.279.